The monoisotopic (exact) mass is 482 g/mol. The zero-order valence-corrected chi connectivity index (χ0v) is 19.4. The Morgan fingerprint density at radius 1 is 0.941 bits per heavy atom. The fourth-order valence-electron chi connectivity index (χ4n) is 2.73. The molecule has 0 saturated heterocycles. The van der Waals surface area contributed by atoms with Crippen molar-refractivity contribution in [1.29, 1.82) is 0 Å². The zero-order valence-electron chi connectivity index (χ0n) is 18.6. The van der Waals surface area contributed by atoms with E-state index in [9.17, 15) is 9.59 Å². The van der Waals surface area contributed by atoms with E-state index in [0.29, 0.717) is 40.0 Å². The van der Waals surface area contributed by atoms with Crippen molar-refractivity contribution in [3.63, 3.8) is 0 Å². The molecule has 0 aliphatic heterocycles. The molecule has 1 amide bonds. The van der Waals surface area contributed by atoms with Gasteiger partial charge in [0.1, 0.15) is 11.5 Å². The van der Waals surface area contributed by atoms with E-state index in [2.05, 4.69) is 10.5 Å². The van der Waals surface area contributed by atoms with Crippen LogP contribution >= 0.6 is 11.6 Å². The number of methoxy groups -OCH3 is 1. The summed E-state index contributed by atoms with van der Waals surface area (Å²) in [4.78, 5) is 24.4. The highest BCUT2D eigenvalue weighted by Gasteiger charge is 2.13. The Bertz CT molecular complexity index is 1150. The maximum atomic E-state index is 12.5. The molecule has 3 aromatic rings. The lowest BCUT2D eigenvalue weighted by Gasteiger charge is -2.11. The molecule has 0 saturated carbocycles. The summed E-state index contributed by atoms with van der Waals surface area (Å²) in [7, 11) is 1.55. The van der Waals surface area contributed by atoms with Crippen molar-refractivity contribution in [2.75, 3.05) is 20.3 Å². The molecule has 176 valence electrons. The quantitative estimate of drug-likeness (QED) is 0.198. The first-order chi connectivity index (χ1) is 16.5. The van der Waals surface area contributed by atoms with Gasteiger partial charge in [0.2, 0.25) is 0 Å². The lowest BCUT2D eigenvalue weighted by Crippen LogP contribution is -2.24. The van der Waals surface area contributed by atoms with Gasteiger partial charge in [0.15, 0.2) is 18.1 Å². The SMILES string of the molecule is CCOc1cc(/C=N\NC(=O)COc2ccc(Cl)cc2)ccc1OC(=O)c1ccc(OC)cc1. The Morgan fingerprint density at radius 3 is 2.32 bits per heavy atom. The standard InChI is InChI=1S/C25H23ClN2O6/c1-3-32-23-14-17(15-27-28-24(29)16-33-21-11-7-19(26)8-12-21)4-13-22(23)34-25(30)18-5-9-20(31-2)10-6-18/h4-15H,3,16H2,1-2H3,(H,28,29)/b27-15-. The third kappa shape index (κ3) is 7.25. The molecule has 0 heterocycles. The third-order valence-electron chi connectivity index (χ3n) is 4.38. The molecule has 1 N–H and O–H groups in total. The molecule has 0 aliphatic rings. The minimum Gasteiger partial charge on any atom is -0.497 e. The number of hydrogen-bond acceptors (Lipinski definition) is 7. The summed E-state index contributed by atoms with van der Waals surface area (Å²) in [5, 5.41) is 4.50. The number of halogens is 1. The van der Waals surface area contributed by atoms with E-state index < -0.39 is 11.9 Å². The fourth-order valence-corrected chi connectivity index (χ4v) is 2.86. The maximum absolute atomic E-state index is 12.5. The van der Waals surface area contributed by atoms with E-state index in [1.807, 2.05) is 6.92 Å². The van der Waals surface area contributed by atoms with Crippen molar-refractivity contribution in [3.8, 4) is 23.0 Å². The summed E-state index contributed by atoms with van der Waals surface area (Å²) >= 11 is 5.81. The van der Waals surface area contributed by atoms with Gasteiger partial charge in [-0.3, -0.25) is 4.79 Å². The summed E-state index contributed by atoms with van der Waals surface area (Å²) in [6.07, 6.45) is 1.44. The number of hydrazone groups is 1. The molecule has 8 nitrogen and oxygen atoms in total. The average molecular weight is 483 g/mol. The van der Waals surface area contributed by atoms with Gasteiger partial charge in [-0.2, -0.15) is 5.10 Å². The lowest BCUT2D eigenvalue weighted by molar-refractivity contribution is -0.123. The predicted molar refractivity (Wildman–Crippen MR) is 128 cm³/mol. The molecule has 0 spiro atoms. The molecule has 0 fully saturated rings. The highest BCUT2D eigenvalue weighted by Crippen LogP contribution is 2.29. The summed E-state index contributed by atoms with van der Waals surface area (Å²) in [5.41, 5.74) is 3.39. The van der Waals surface area contributed by atoms with Crippen LogP contribution in [0.25, 0.3) is 0 Å². The maximum Gasteiger partial charge on any atom is 0.343 e. The van der Waals surface area contributed by atoms with Crippen LogP contribution in [0.5, 0.6) is 23.0 Å². The van der Waals surface area contributed by atoms with Crippen molar-refractivity contribution < 1.29 is 28.5 Å². The van der Waals surface area contributed by atoms with Crippen LogP contribution in [0.1, 0.15) is 22.8 Å². The number of hydrogen-bond donors (Lipinski definition) is 1. The van der Waals surface area contributed by atoms with Gasteiger partial charge in [0.25, 0.3) is 5.91 Å². The van der Waals surface area contributed by atoms with Crippen molar-refractivity contribution in [2.45, 2.75) is 6.92 Å². The molecular weight excluding hydrogens is 460 g/mol. The molecule has 0 bridgehead atoms. The molecule has 9 heteroatoms. The summed E-state index contributed by atoms with van der Waals surface area (Å²) < 4.78 is 21.5. The molecule has 0 aliphatic carbocycles. The normalized spacial score (nSPS) is 10.6. The van der Waals surface area contributed by atoms with E-state index in [-0.39, 0.29) is 12.4 Å². The van der Waals surface area contributed by atoms with Crippen LogP contribution in [0.2, 0.25) is 5.02 Å². The van der Waals surface area contributed by atoms with Gasteiger partial charge in [-0.1, -0.05) is 11.6 Å². The van der Waals surface area contributed by atoms with Gasteiger partial charge < -0.3 is 18.9 Å². The first-order valence-corrected chi connectivity index (χ1v) is 10.7. The number of benzene rings is 3. The second-order valence-electron chi connectivity index (χ2n) is 6.79. The van der Waals surface area contributed by atoms with E-state index >= 15 is 0 Å². The predicted octanol–water partition coefficient (Wildman–Crippen LogP) is 4.50. The van der Waals surface area contributed by atoms with Crippen molar-refractivity contribution in [3.05, 3.63) is 82.9 Å². The third-order valence-corrected chi connectivity index (χ3v) is 4.63. The van der Waals surface area contributed by atoms with Gasteiger partial charge in [-0.25, -0.2) is 10.2 Å². The minimum absolute atomic E-state index is 0.205. The van der Waals surface area contributed by atoms with Crippen molar-refractivity contribution in [1.82, 2.24) is 5.43 Å². The van der Waals surface area contributed by atoms with Gasteiger partial charge in [-0.15, -0.1) is 0 Å². The Morgan fingerprint density at radius 2 is 1.65 bits per heavy atom. The number of rotatable bonds is 10. The second kappa shape index (κ2) is 12.3. The molecule has 0 atom stereocenters. The number of carbonyl (C=O) groups excluding carboxylic acids is 2. The van der Waals surface area contributed by atoms with Crippen molar-refractivity contribution in [2.24, 2.45) is 5.10 Å². The number of nitrogens with zero attached hydrogens (tertiary/aromatic N) is 1. The average Bonchev–Trinajstić information content (AvgIpc) is 2.85. The topological polar surface area (TPSA) is 95.5 Å². The number of amides is 1. The van der Waals surface area contributed by atoms with Crippen LogP contribution in [0.3, 0.4) is 0 Å². The number of carbonyl (C=O) groups is 2. The molecule has 3 rings (SSSR count). The minimum atomic E-state index is -0.530. The van der Waals surface area contributed by atoms with E-state index in [4.69, 9.17) is 30.5 Å². The Kier molecular flexibility index (Phi) is 8.88. The van der Waals surface area contributed by atoms with Crippen LogP contribution in [-0.4, -0.2) is 38.4 Å². The Balaban J connectivity index is 1.58. The largest absolute Gasteiger partial charge is 0.497 e. The Labute approximate surface area is 202 Å². The fraction of sp³-hybridized carbons (Fsp3) is 0.160. The van der Waals surface area contributed by atoms with Gasteiger partial charge >= 0.3 is 5.97 Å². The van der Waals surface area contributed by atoms with Crippen LogP contribution < -0.4 is 24.4 Å². The highest BCUT2D eigenvalue weighted by molar-refractivity contribution is 6.30. The molecule has 3 aromatic carbocycles. The lowest BCUT2D eigenvalue weighted by atomic mass is 10.2. The summed E-state index contributed by atoms with van der Waals surface area (Å²) in [6.45, 7) is 1.98. The smallest absolute Gasteiger partial charge is 0.343 e. The van der Waals surface area contributed by atoms with E-state index in [0.717, 1.165) is 0 Å². The first-order valence-electron chi connectivity index (χ1n) is 10.3. The number of ether oxygens (including phenoxy) is 4. The molecule has 0 aromatic heterocycles. The number of esters is 1. The van der Waals surface area contributed by atoms with Gasteiger partial charge in [0, 0.05) is 5.02 Å². The first kappa shape index (κ1) is 24.6. The summed E-state index contributed by atoms with van der Waals surface area (Å²) in [6, 6.07) is 18.2. The van der Waals surface area contributed by atoms with Crippen LogP contribution in [-0.2, 0) is 4.79 Å². The van der Waals surface area contributed by atoms with Crippen LogP contribution in [0.4, 0.5) is 0 Å². The summed E-state index contributed by atoms with van der Waals surface area (Å²) in [5.74, 6) is 0.827. The van der Waals surface area contributed by atoms with E-state index in [1.54, 1.807) is 73.8 Å². The number of nitrogens with one attached hydrogen (secondary N) is 1. The van der Waals surface area contributed by atoms with Crippen LogP contribution in [0.15, 0.2) is 71.8 Å². The highest BCUT2D eigenvalue weighted by atomic mass is 35.5. The van der Waals surface area contributed by atoms with Crippen LogP contribution in [0, 0.1) is 0 Å². The van der Waals surface area contributed by atoms with Gasteiger partial charge in [-0.05, 0) is 79.2 Å². The van der Waals surface area contributed by atoms with E-state index in [1.165, 1.54) is 6.21 Å². The molecule has 34 heavy (non-hydrogen) atoms. The molecular formula is C25H23ClN2O6. The Hall–Kier alpha value is -4.04. The zero-order chi connectivity index (χ0) is 24.3. The molecule has 0 radical (unpaired) electrons. The molecule has 0 unspecified atom stereocenters. The van der Waals surface area contributed by atoms with Gasteiger partial charge in [0.05, 0.1) is 25.5 Å². The second-order valence-corrected chi connectivity index (χ2v) is 7.23. The van der Waals surface area contributed by atoms with Crippen molar-refractivity contribution >= 4 is 29.7 Å².